The molecule has 0 radical (unpaired) electrons. The van der Waals surface area contributed by atoms with E-state index in [0.29, 0.717) is 23.5 Å². The van der Waals surface area contributed by atoms with Gasteiger partial charge in [-0.2, -0.15) is 13.9 Å². The number of benzene rings is 1. The number of amides is 1. The van der Waals surface area contributed by atoms with Crippen molar-refractivity contribution in [2.75, 3.05) is 39.4 Å². The van der Waals surface area contributed by atoms with E-state index in [1.165, 1.54) is 12.1 Å². The van der Waals surface area contributed by atoms with Crippen LogP contribution < -0.4 is 10.1 Å². The fourth-order valence-corrected chi connectivity index (χ4v) is 2.82. The van der Waals surface area contributed by atoms with Gasteiger partial charge in [-0.25, -0.2) is 0 Å². The number of ether oxygens (including phenoxy) is 2. The minimum absolute atomic E-state index is 0.0718. The Balaban J connectivity index is 1.47. The molecule has 2 N–H and O–H groups in total. The molecular formula is C18H22F2N4O3. The van der Waals surface area contributed by atoms with Gasteiger partial charge in [0.1, 0.15) is 11.4 Å². The number of morpholine rings is 1. The van der Waals surface area contributed by atoms with Gasteiger partial charge in [0.25, 0.3) is 5.91 Å². The maximum atomic E-state index is 12.2. The number of aromatic amines is 1. The average molecular weight is 380 g/mol. The third kappa shape index (κ3) is 5.73. The van der Waals surface area contributed by atoms with Crippen molar-refractivity contribution in [2.45, 2.75) is 13.0 Å². The van der Waals surface area contributed by atoms with Crippen molar-refractivity contribution in [2.24, 2.45) is 0 Å². The van der Waals surface area contributed by atoms with Crippen LogP contribution in [0, 0.1) is 0 Å². The maximum absolute atomic E-state index is 12.2. The lowest BCUT2D eigenvalue weighted by Crippen LogP contribution is -2.38. The highest BCUT2D eigenvalue weighted by atomic mass is 19.3. The van der Waals surface area contributed by atoms with Crippen LogP contribution in [0.15, 0.2) is 30.3 Å². The highest BCUT2D eigenvalue weighted by Crippen LogP contribution is 2.22. The van der Waals surface area contributed by atoms with Gasteiger partial charge < -0.3 is 14.8 Å². The number of nitrogens with one attached hydrogen (secondary N) is 2. The third-order valence-electron chi connectivity index (χ3n) is 4.24. The fraction of sp³-hybridized carbons (Fsp3) is 0.444. The molecule has 1 aliphatic heterocycles. The summed E-state index contributed by atoms with van der Waals surface area (Å²) in [4.78, 5) is 14.5. The topological polar surface area (TPSA) is 79.5 Å². The number of carbonyl (C=O) groups is 1. The van der Waals surface area contributed by atoms with Crippen molar-refractivity contribution < 1.29 is 23.0 Å². The Labute approximate surface area is 155 Å². The average Bonchev–Trinajstić information content (AvgIpc) is 3.16. The van der Waals surface area contributed by atoms with Crippen LogP contribution in [0.3, 0.4) is 0 Å². The molecule has 3 rings (SSSR count). The highest BCUT2D eigenvalue weighted by molar-refractivity contribution is 5.93. The molecule has 7 nitrogen and oxygen atoms in total. The number of hydrogen-bond donors (Lipinski definition) is 2. The molecule has 1 fully saturated rings. The SMILES string of the molecule is O=C(NCCCN1CCOCC1)c1cc(-c2ccc(OC(F)F)cc2)n[nH]1. The van der Waals surface area contributed by atoms with Crippen molar-refractivity contribution in [3.05, 3.63) is 36.0 Å². The summed E-state index contributed by atoms with van der Waals surface area (Å²) in [5.74, 6) is -0.157. The van der Waals surface area contributed by atoms with Crippen molar-refractivity contribution in [1.29, 1.82) is 0 Å². The summed E-state index contributed by atoms with van der Waals surface area (Å²) in [5.41, 5.74) is 1.60. The van der Waals surface area contributed by atoms with Gasteiger partial charge in [0.15, 0.2) is 0 Å². The standard InChI is InChI=1S/C18H22F2N4O3/c19-18(20)27-14-4-2-13(3-5-14)15-12-16(23-22-15)17(25)21-6-1-7-24-8-10-26-11-9-24/h2-5,12,18H,1,6-11H2,(H,21,25)(H,22,23). The molecular weight excluding hydrogens is 358 g/mol. The number of rotatable bonds is 8. The Morgan fingerprint density at radius 1 is 1.30 bits per heavy atom. The first-order valence-corrected chi connectivity index (χ1v) is 8.81. The smallest absolute Gasteiger partial charge is 0.387 e. The van der Waals surface area contributed by atoms with Gasteiger partial charge in [-0.05, 0) is 43.3 Å². The molecule has 146 valence electrons. The number of carbonyl (C=O) groups excluding carboxylic acids is 1. The second-order valence-electron chi connectivity index (χ2n) is 6.13. The first-order valence-electron chi connectivity index (χ1n) is 8.81. The van der Waals surface area contributed by atoms with E-state index in [1.54, 1.807) is 18.2 Å². The van der Waals surface area contributed by atoms with Crippen LogP contribution in [0.5, 0.6) is 5.75 Å². The fourth-order valence-electron chi connectivity index (χ4n) is 2.82. The van der Waals surface area contributed by atoms with E-state index in [0.717, 1.165) is 39.3 Å². The summed E-state index contributed by atoms with van der Waals surface area (Å²) in [6.45, 7) is 2.02. The van der Waals surface area contributed by atoms with Gasteiger partial charge in [0.05, 0.1) is 18.9 Å². The van der Waals surface area contributed by atoms with E-state index in [-0.39, 0.29) is 11.7 Å². The second-order valence-corrected chi connectivity index (χ2v) is 6.13. The molecule has 0 unspecified atom stereocenters. The van der Waals surface area contributed by atoms with Crippen LogP contribution in [0.25, 0.3) is 11.3 Å². The van der Waals surface area contributed by atoms with E-state index < -0.39 is 6.61 Å². The molecule has 1 saturated heterocycles. The molecule has 1 aromatic carbocycles. The Kier molecular flexibility index (Phi) is 6.72. The monoisotopic (exact) mass is 380 g/mol. The molecule has 27 heavy (non-hydrogen) atoms. The number of nitrogens with zero attached hydrogens (tertiary/aromatic N) is 2. The second kappa shape index (κ2) is 9.43. The molecule has 1 aliphatic rings. The number of H-pyrrole nitrogens is 1. The molecule has 0 spiro atoms. The summed E-state index contributed by atoms with van der Waals surface area (Å²) < 4.78 is 34.0. The Morgan fingerprint density at radius 2 is 2.04 bits per heavy atom. The molecule has 1 amide bonds. The van der Waals surface area contributed by atoms with Crippen LogP contribution >= 0.6 is 0 Å². The van der Waals surface area contributed by atoms with E-state index >= 15 is 0 Å². The van der Waals surface area contributed by atoms with Crippen LogP contribution in [0.4, 0.5) is 8.78 Å². The zero-order valence-electron chi connectivity index (χ0n) is 14.8. The first kappa shape index (κ1) is 19.2. The summed E-state index contributed by atoms with van der Waals surface area (Å²) >= 11 is 0. The number of hydrogen-bond acceptors (Lipinski definition) is 5. The zero-order chi connectivity index (χ0) is 19.1. The van der Waals surface area contributed by atoms with Crippen LogP contribution in [0.1, 0.15) is 16.9 Å². The minimum atomic E-state index is -2.86. The summed E-state index contributed by atoms with van der Waals surface area (Å²) in [6, 6.07) is 7.71. The van der Waals surface area contributed by atoms with Crippen molar-refractivity contribution in [1.82, 2.24) is 20.4 Å². The maximum Gasteiger partial charge on any atom is 0.387 e. The largest absolute Gasteiger partial charge is 0.435 e. The highest BCUT2D eigenvalue weighted by Gasteiger charge is 2.13. The van der Waals surface area contributed by atoms with E-state index in [4.69, 9.17) is 4.74 Å². The van der Waals surface area contributed by atoms with Crippen molar-refractivity contribution in [3.8, 4) is 17.0 Å². The van der Waals surface area contributed by atoms with Gasteiger partial charge in [0.2, 0.25) is 0 Å². The third-order valence-corrected chi connectivity index (χ3v) is 4.24. The molecule has 9 heteroatoms. The van der Waals surface area contributed by atoms with Gasteiger partial charge in [-0.1, -0.05) is 0 Å². The zero-order valence-corrected chi connectivity index (χ0v) is 14.8. The van der Waals surface area contributed by atoms with Gasteiger partial charge in [-0.15, -0.1) is 0 Å². The molecule has 2 heterocycles. The first-order chi connectivity index (χ1) is 13.1. The molecule has 1 aromatic heterocycles. The minimum Gasteiger partial charge on any atom is -0.435 e. The predicted octanol–water partition coefficient (Wildman–Crippen LogP) is 2.13. The van der Waals surface area contributed by atoms with E-state index in [2.05, 4.69) is 25.2 Å². The summed E-state index contributed by atoms with van der Waals surface area (Å²) in [7, 11) is 0. The number of alkyl halides is 2. The molecule has 2 aromatic rings. The van der Waals surface area contributed by atoms with Gasteiger partial charge in [-0.3, -0.25) is 14.8 Å². The van der Waals surface area contributed by atoms with E-state index in [1.807, 2.05) is 0 Å². The molecule has 0 saturated carbocycles. The molecule has 0 aliphatic carbocycles. The normalized spacial score (nSPS) is 15.1. The predicted molar refractivity (Wildman–Crippen MR) is 94.9 cm³/mol. The van der Waals surface area contributed by atoms with Crippen molar-refractivity contribution >= 4 is 5.91 Å². The van der Waals surface area contributed by atoms with Crippen LogP contribution in [-0.2, 0) is 4.74 Å². The Hall–Kier alpha value is -2.52. The lowest BCUT2D eigenvalue weighted by Gasteiger charge is -2.26. The lowest BCUT2D eigenvalue weighted by atomic mass is 10.1. The quantitative estimate of drug-likeness (QED) is 0.686. The Morgan fingerprint density at radius 3 is 2.74 bits per heavy atom. The van der Waals surface area contributed by atoms with Crippen LogP contribution in [-0.4, -0.2) is 67.0 Å². The van der Waals surface area contributed by atoms with E-state index in [9.17, 15) is 13.6 Å². The van der Waals surface area contributed by atoms with Gasteiger partial charge >= 0.3 is 6.61 Å². The Bertz CT molecular complexity index is 730. The van der Waals surface area contributed by atoms with Crippen molar-refractivity contribution in [3.63, 3.8) is 0 Å². The van der Waals surface area contributed by atoms with Gasteiger partial charge in [0, 0.05) is 25.2 Å². The lowest BCUT2D eigenvalue weighted by molar-refractivity contribution is -0.0498. The van der Waals surface area contributed by atoms with Crippen LogP contribution in [0.2, 0.25) is 0 Å². The number of aromatic nitrogens is 2. The molecule has 0 atom stereocenters. The molecule has 0 bridgehead atoms. The summed E-state index contributed by atoms with van der Waals surface area (Å²) in [5, 5.41) is 9.67. The number of halogens is 2. The summed E-state index contributed by atoms with van der Waals surface area (Å²) in [6.07, 6.45) is 0.859.